The van der Waals surface area contributed by atoms with E-state index in [4.69, 9.17) is 9.97 Å². The summed E-state index contributed by atoms with van der Waals surface area (Å²) < 4.78 is 0. The summed E-state index contributed by atoms with van der Waals surface area (Å²) in [6.45, 7) is 4.30. The van der Waals surface area contributed by atoms with Crippen LogP contribution in [0.3, 0.4) is 0 Å². The number of fused-ring (bicyclic) bond motifs is 3. The Morgan fingerprint density at radius 1 is 0.586 bits per heavy atom. The second-order valence-electron chi connectivity index (χ2n) is 7.71. The van der Waals surface area contributed by atoms with Gasteiger partial charge in [0, 0.05) is 22.3 Å². The Balaban J connectivity index is 1.80. The van der Waals surface area contributed by atoms with Crippen molar-refractivity contribution in [2.24, 2.45) is 0 Å². The lowest BCUT2D eigenvalue weighted by atomic mass is 9.98. The zero-order valence-corrected chi connectivity index (χ0v) is 16.6. The van der Waals surface area contributed by atoms with Crippen LogP contribution < -0.4 is 0 Å². The van der Waals surface area contributed by atoms with E-state index in [0.717, 1.165) is 28.0 Å². The molecule has 140 valence electrons. The van der Waals surface area contributed by atoms with Gasteiger partial charge >= 0.3 is 0 Å². The largest absolute Gasteiger partial charge is 0.232 e. The van der Waals surface area contributed by atoms with Crippen LogP contribution in [0.2, 0.25) is 0 Å². The van der Waals surface area contributed by atoms with Crippen molar-refractivity contribution in [3.63, 3.8) is 0 Å². The van der Waals surface area contributed by atoms with Gasteiger partial charge in [-0.05, 0) is 28.6 Å². The van der Waals surface area contributed by atoms with Crippen molar-refractivity contribution in [1.29, 1.82) is 0 Å². The fourth-order valence-corrected chi connectivity index (χ4v) is 3.84. The lowest BCUT2D eigenvalue weighted by molar-refractivity contribution is 0.785. The third-order valence-corrected chi connectivity index (χ3v) is 5.37. The van der Waals surface area contributed by atoms with Crippen LogP contribution in [0.15, 0.2) is 91.0 Å². The van der Waals surface area contributed by atoms with Crippen molar-refractivity contribution in [2.75, 3.05) is 0 Å². The van der Waals surface area contributed by atoms with E-state index < -0.39 is 0 Å². The van der Waals surface area contributed by atoms with Crippen LogP contribution in [0, 0.1) is 0 Å². The van der Waals surface area contributed by atoms with Gasteiger partial charge in [0.25, 0.3) is 0 Å². The Labute approximate surface area is 170 Å². The number of benzene rings is 4. The minimum atomic E-state index is 0.259. The van der Waals surface area contributed by atoms with E-state index in [9.17, 15) is 0 Å². The van der Waals surface area contributed by atoms with Gasteiger partial charge in [0.05, 0.1) is 11.2 Å². The molecule has 0 atom stereocenters. The quantitative estimate of drug-likeness (QED) is 0.311. The molecule has 0 aliphatic rings. The predicted molar refractivity (Wildman–Crippen MR) is 122 cm³/mol. The second kappa shape index (κ2) is 7.14. The normalized spacial score (nSPS) is 11.4. The van der Waals surface area contributed by atoms with Crippen LogP contribution in [-0.2, 0) is 0 Å². The fourth-order valence-electron chi connectivity index (χ4n) is 3.84. The smallest absolute Gasteiger partial charge is 0.132 e. The van der Waals surface area contributed by atoms with Crippen LogP contribution in [0.4, 0.5) is 0 Å². The molecule has 0 saturated heterocycles. The molecule has 0 fully saturated rings. The molecule has 0 unspecified atom stereocenters. The van der Waals surface area contributed by atoms with Gasteiger partial charge < -0.3 is 0 Å². The van der Waals surface area contributed by atoms with Gasteiger partial charge in [-0.25, -0.2) is 9.97 Å². The van der Waals surface area contributed by atoms with Crippen molar-refractivity contribution < 1.29 is 0 Å². The van der Waals surface area contributed by atoms with Gasteiger partial charge in [-0.3, -0.25) is 0 Å². The number of hydrogen-bond donors (Lipinski definition) is 0. The Morgan fingerprint density at radius 2 is 1.31 bits per heavy atom. The minimum Gasteiger partial charge on any atom is -0.232 e. The van der Waals surface area contributed by atoms with Gasteiger partial charge in [0.2, 0.25) is 0 Å². The topological polar surface area (TPSA) is 25.8 Å². The number of hydrogen-bond acceptors (Lipinski definition) is 2. The molecule has 0 aliphatic heterocycles. The van der Waals surface area contributed by atoms with E-state index in [1.165, 1.54) is 21.9 Å². The van der Waals surface area contributed by atoms with Crippen LogP contribution in [0.25, 0.3) is 44.1 Å². The molecule has 1 aromatic heterocycles. The highest BCUT2D eigenvalue weighted by Crippen LogP contribution is 2.33. The lowest BCUT2D eigenvalue weighted by Crippen LogP contribution is -2.01. The van der Waals surface area contributed by atoms with Gasteiger partial charge in [0.15, 0.2) is 0 Å². The van der Waals surface area contributed by atoms with Crippen LogP contribution in [0.1, 0.15) is 25.6 Å². The summed E-state index contributed by atoms with van der Waals surface area (Å²) in [5.41, 5.74) is 5.56. The zero-order chi connectivity index (χ0) is 19.8. The first-order chi connectivity index (χ1) is 14.2. The molecule has 5 aromatic rings. The first-order valence-electron chi connectivity index (χ1n) is 10.1. The average molecular weight is 374 g/mol. The number of rotatable bonds is 3. The molecule has 2 heteroatoms. The van der Waals surface area contributed by atoms with Crippen LogP contribution in [0.5, 0.6) is 0 Å². The maximum absolute atomic E-state index is 5.00. The summed E-state index contributed by atoms with van der Waals surface area (Å²) in [6.07, 6.45) is 0. The van der Waals surface area contributed by atoms with E-state index in [-0.39, 0.29) is 5.92 Å². The molecule has 2 nitrogen and oxygen atoms in total. The number of aromatic nitrogens is 2. The molecule has 0 spiro atoms. The molecule has 1 heterocycles. The predicted octanol–water partition coefficient (Wildman–Crippen LogP) is 7.24. The summed E-state index contributed by atoms with van der Waals surface area (Å²) in [6, 6.07) is 31.9. The van der Waals surface area contributed by atoms with E-state index in [1.807, 2.05) is 6.07 Å². The third-order valence-electron chi connectivity index (χ3n) is 5.37. The first-order valence-corrected chi connectivity index (χ1v) is 10.1. The molecule has 0 aliphatic carbocycles. The Morgan fingerprint density at radius 3 is 2.14 bits per heavy atom. The maximum atomic E-state index is 5.00. The summed E-state index contributed by atoms with van der Waals surface area (Å²) in [7, 11) is 0. The van der Waals surface area contributed by atoms with E-state index >= 15 is 0 Å². The molecule has 0 N–H and O–H groups in total. The van der Waals surface area contributed by atoms with Gasteiger partial charge in [-0.1, -0.05) is 92.7 Å². The van der Waals surface area contributed by atoms with E-state index in [2.05, 4.69) is 98.8 Å². The molecule has 0 bridgehead atoms. The molecule has 5 rings (SSSR count). The summed E-state index contributed by atoms with van der Waals surface area (Å²) in [5.74, 6) is 1.14. The Bertz CT molecular complexity index is 1320. The van der Waals surface area contributed by atoms with Crippen LogP contribution in [-0.4, -0.2) is 9.97 Å². The van der Waals surface area contributed by atoms with Crippen molar-refractivity contribution >= 4 is 21.7 Å². The minimum absolute atomic E-state index is 0.259. The lowest BCUT2D eigenvalue weighted by Gasteiger charge is -2.13. The third kappa shape index (κ3) is 3.17. The molecular formula is C27H22N2. The van der Waals surface area contributed by atoms with Gasteiger partial charge in [-0.15, -0.1) is 0 Å². The summed E-state index contributed by atoms with van der Waals surface area (Å²) >= 11 is 0. The first kappa shape index (κ1) is 17.6. The van der Waals surface area contributed by atoms with Gasteiger partial charge in [0.1, 0.15) is 5.82 Å². The zero-order valence-electron chi connectivity index (χ0n) is 16.6. The van der Waals surface area contributed by atoms with E-state index in [1.54, 1.807) is 0 Å². The standard InChI is InChI=1S/C27H22N2/c1-18(2)27-28-25(22-13-8-12-21(17-22)19-9-4-3-5-10-19)24-16-15-20-11-6-7-14-23(20)26(24)29-27/h3-18H,1-2H3. The molecule has 29 heavy (non-hydrogen) atoms. The van der Waals surface area contributed by atoms with Crippen molar-refractivity contribution in [3.8, 4) is 22.4 Å². The van der Waals surface area contributed by atoms with Crippen molar-refractivity contribution in [3.05, 3.63) is 96.8 Å². The number of nitrogens with zero attached hydrogens (tertiary/aromatic N) is 2. The monoisotopic (exact) mass is 374 g/mol. The highest BCUT2D eigenvalue weighted by molar-refractivity contribution is 6.09. The van der Waals surface area contributed by atoms with E-state index in [0.29, 0.717) is 0 Å². The maximum Gasteiger partial charge on any atom is 0.132 e. The highest BCUT2D eigenvalue weighted by atomic mass is 14.9. The summed E-state index contributed by atoms with van der Waals surface area (Å²) in [4.78, 5) is 9.96. The Hall–Kier alpha value is -3.52. The molecular weight excluding hydrogens is 352 g/mol. The molecule has 4 aromatic carbocycles. The SMILES string of the molecule is CC(C)c1nc(-c2cccc(-c3ccccc3)c2)c2ccc3ccccc3c2n1. The fraction of sp³-hybridized carbons (Fsp3) is 0.111. The van der Waals surface area contributed by atoms with Crippen molar-refractivity contribution in [2.45, 2.75) is 19.8 Å². The molecule has 0 amide bonds. The average Bonchev–Trinajstić information content (AvgIpc) is 2.79. The van der Waals surface area contributed by atoms with Crippen LogP contribution >= 0.6 is 0 Å². The highest BCUT2D eigenvalue weighted by Gasteiger charge is 2.14. The van der Waals surface area contributed by atoms with Crippen molar-refractivity contribution in [1.82, 2.24) is 9.97 Å². The molecule has 0 saturated carbocycles. The Kier molecular flexibility index (Phi) is 4.33. The second-order valence-corrected chi connectivity index (χ2v) is 7.71. The molecule has 0 radical (unpaired) electrons. The van der Waals surface area contributed by atoms with Gasteiger partial charge in [-0.2, -0.15) is 0 Å². The summed E-state index contributed by atoms with van der Waals surface area (Å²) in [5, 5.41) is 3.48.